The highest BCUT2D eigenvalue weighted by molar-refractivity contribution is 5.98. The molecule has 0 aromatic carbocycles. The number of methoxy groups -OCH3 is 1. The number of aliphatic hydroxyl groups is 1. The molecular formula is C30H36N14O6. The zero-order valence-corrected chi connectivity index (χ0v) is 28.1. The maximum atomic E-state index is 12.2. The number of rotatable bonds is 15. The van der Waals surface area contributed by atoms with Gasteiger partial charge in [0.15, 0.2) is 52.1 Å². The summed E-state index contributed by atoms with van der Waals surface area (Å²) in [7, 11) is 1.22. The molecule has 5 aromatic rings. The number of nitrogens with zero attached hydrogens (tertiary/aromatic N) is 12. The van der Waals surface area contributed by atoms with Crippen molar-refractivity contribution in [1.82, 2.24) is 39.5 Å². The zero-order chi connectivity index (χ0) is 35.9. The fourth-order valence-corrected chi connectivity index (χ4v) is 4.75. The first-order chi connectivity index (χ1) is 24.1. The molecule has 20 nitrogen and oxygen atoms in total. The van der Waals surface area contributed by atoms with Crippen LogP contribution in [-0.4, -0.2) is 70.1 Å². The van der Waals surface area contributed by atoms with Crippen LogP contribution in [-0.2, 0) is 17.6 Å². The van der Waals surface area contributed by atoms with Gasteiger partial charge in [0.1, 0.15) is 12.9 Å². The number of azo groups is 2. The normalized spacial score (nSPS) is 11.7. The number of ketones is 1. The first-order valence-corrected chi connectivity index (χ1v) is 15.7. The predicted molar refractivity (Wildman–Crippen MR) is 176 cm³/mol. The summed E-state index contributed by atoms with van der Waals surface area (Å²) in [5.74, 6) is -0.553. The van der Waals surface area contributed by atoms with Crippen LogP contribution in [0, 0.1) is 13.8 Å². The molecular weight excluding hydrogens is 652 g/mol. The molecule has 0 aliphatic carbocycles. The number of Topliss-reactive ketones (excluding diaryl/α,β-unsaturated/α-hetero) is 1. The van der Waals surface area contributed by atoms with Gasteiger partial charge in [-0.1, -0.05) is 26.7 Å². The second-order valence-corrected chi connectivity index (χ2v) is 10.9. The molecule has 0 atom stereocenters. The first-order valence-electron chi connectivity index (χ1n) is 15.7. The maximum Gasteiger partial charge on any atom is 0.362 e. The third-order valence-corrected chi connectivity index (χ3v) is 7.24. The van der Waals surface area contributed by atoms with Gasteiger partial charge in [-0.15, -0.1) is 20.5 Å². The van der Waals surface area contributed by atoms with Gasteiger partial charge in [0.25, 0.3) is 11.8 Å². The largest absolute Gasteiger partial charge is 0.464 e. The fourth-order valence-electron chi connectivity index (χ4n) is 4.75. The van der Waals surface area contributed by atoms with E-state index >= 15 is 0 Å². The van der Waals surface area contributed by atoms with Gasteiger partial charge in [-0.2, -0.15) is 19.6 Å². The number of hydrogen-bond acceptors (Lipinski definition) is 18. The van der Waals surface area contributed by atoms with Crippen LogP contribution in [0.15, 0.2) is 41.7 Å². The van der Waals surface area contributed by atoms with Crippen LogP contribution in [0.4, 0.5) is 34.8 Å². The number of carbonyl (C=O) groups is 2. The van der Waals surface area contributed by atoms with E-state index in [9.17, 15) is 14.7 Å². The van der Waals surface area contributed by atoms with Gasteiger partial charge < -0.3 is 30.1 Å². The third-order valence-electron chi connectivity index (χ3n) is 7.24. The standard InChI is InChI=1S/C30H36N14O6/c1-6-8-10-17-22(37-39-28-24(19(46)13-45)35-15(3)49-28)26(31)43(41-17)20-12-21(34-14-33-20)44-27(32)23(18(42-44)11-9-7-2)38-40-29-25(30(47)48-5)36-16(4)50-29/h12,14,45H,6-11,13,31-32H2,1-5H3. The van der Waals surface area contributed by atoms with Crippen molar-refractivity contribution in [3.63, 3.8) is 0 Å². The van der Waals surface area contributed by atoms with Crippen LogP contribution in [0.1, 0.15) is 83.7 Å². The van der Waals surface area contributed by atoms with Gasteiger partial charge in [0, 0.05) is 19.9 Å². The van der Waals surface area contributed by atoms with Crippen LogP contribution in [0.5, 0.6) is 0 Å². The van der Waals surface area contributed by atoms with Crippen molar-refractivity contribution in [3.05, 3.63) is 47.0 Å². The summed E-state index contributed by atoms with van der Waals surface area (Å²) in [6.07, 6.45) is 5.65. The van der Waals surface area contributed by atoms with Crippen molar-refractivity contribution in [2.24, 2.45) is 20.5 Å². The Labute approximate surface area is 284 Å². The minimum Gasteiger partial charge on any atom is -0.464 e. The molecule has 5 heterocycles. The number of esters is 1. The highest BCUT2D eigenvalue weighted by Gasteiger charge is 2.24. The van der Waals surface area contributed by atoms with Crippen LogP contribution in [0.25, 0.3) is 11.6 Å². The lowest BCUT2D eigenvalue weighted by atomic mass is 10.2. The summed E-state index contributed by atoms with van der Waals surface area (Å²) in [4.78, 5) is 41.1. The van der Waals surface area contributed by atoms with Crippen LogP contribution in [0.2, 0.25) is 0 Å². The van der Waals surface area contributed by atoms with Crippen LogP contribution in [0.3, 0.4) is 0 Å². The van der Waals surface area contributed by atoms with Gasteiger partial charge in [-0.25, -0.2) is 24.7 Å². The topological polar surface area (TPSA) is 279 Å². The number of ether oxygens (including phenoxy) is 1. The van der Waals surface area contributed by atoms with Gasteiger partial charge in [-0.3, -0.25) is 4.79 Å². The van der Waals surface area contributed by atoms with E-state index in [4.69, 9.17) is 25.0 Å². The average molecular weight is 689 g/mol. The maximum absolute atomic E-state index is 12.2. The number of carbonyl (C=O) groups excluding carboxylic acids is 2. The van der Waals surface area contributed by atoms with Crippen molar-refractivity contribution in [2.45, 2.75) is 66.2 Å². The predicted octanol–water partition coefficient (Wildman–Crippen LogP) is 5.08. The SMILES string of the molecule is CCCCc1nn(-c2cc(-n3nc(CCCC)c(N=Nc4oc(C)nc4C(=O)OC)c3N)ncn2)c(N)c1N=Nc1oc(C)nc1C(=O)CO. The van der Waals surface area contributed by atoms with E-state index in [2.05, 4.69) is 50.6 Å². The van der Waals surface area contributed by atoms with Crippen molar-refractivity contribution >= 4 is 46.5 Å². The summed E-state index contributed by atoms with van der Waals surface area (Å²) in [6.45, 7) is 6.41. The van der Waals surface area contributed by atoms with E-state index in [1.54, 1.807) is 19.9 Å². The second kappa shape index (κ2) is 15.4. The minimum absolute atomic E-state index is 0.103. The molecule has 20 heteroatoms. The smallest absolute Gasteiger partial charge is 0.362 e. The van der Waals surface area contributed by atoms with Gasteiger partial charge in [-0.05, 0) is 25.7 Å². The molecule has 0 aliphatic heterocycles. The second-order valence-electron chi connectivity index (χ2n) is 10.9. The molecule has 0 amide bonds. The minimum atomic E-state index is -0.769. The number of hydrogen-bond donors (Lipinski definition) is 3. The molecule has 0 unspecified atom stereocenters. The summed E-state index contributed by atoms with van der Waals surface area (Å²) >= 11 is 0. The molecule has 0 radical (unpaired) electrons. The molecule has 262 valence electrons. The van der Waals surface area contributed by atoms with E-state index in [1.165, 1.54) is 22.8 Å². The summed E-state index contributed by atoms with van der Waals surface area (Å²) in [5.41, 5.74) is 14.4. The number of aryl methyl sites for hydroxylation is 4. The Hall–Kier alpha value is -6.18. The molecule has 5 N–H and O–H groups in total. The lowest BCUT2D eigenvalue weighted by Crippen LogP contribution is -2.09. The van der Waals surface area contributed by atoms with Gasteiger partial charge in [0.05, 0.1) is 18.5 Å². The first kappa shape index (κ1) is 35.1. The Bertz CT molecular complexity index is 1930. The molecule has 0 saturated carbocycles. The lowest BCUT2D eigenvalue weighted by molar-refractivity contribution is 0.0595. The lowest BCUT2D eigenvalue weighted by Gasteiger charge is -2.06. The summed E-state index contributed by atoms with van der Waals surface area (Å²) in [5, 5.41) is 35.4. The molecule has 0 saturated heterocycles. The quantitative estimate of drug-likeness (QED) is 0.0734. The zero-order valence-electron chi connectivity index (χ0n) is 28.1. The Morgan fingerprint density at radius 1 is 0.820 bits per heavy atom. The Morgan fingerprint density at radius 2 is 1.30 bits per heavy atom. The Kier molecular flexibility index (Phi) is 10.8. The van der Waals surface area contributed by atoms with E-state index in [1.807, 2.05) is 13.8 Å². The highest BCUT2D eigenvalue weighted by Crippen LogP contribution is 2.35. The molecule has 5 aromatic heterocycles. The van der Waals surface area contributed by atoms with Crippen LogP contribution >= 0.6 is 0 Å². The van der Waals surface area contributed by atoms with Crippen LogP contribution < -0.4 is 11.5 Å². The van der Waals surface area contributed by atoms with Crippen molar-refractivity contribution in [2.75, 3.05) is 25.2 Å². The molecule has 0 aliphatic rings. The average Bonchev–Trinajstić information content (AvgIpc) is 3.86. The summed E-state index contributed by atoms with van der Waals surface area (Å²) < 4.78 is 18.4. The fraction of sp³-hybridized carbons (Fsp3) is 0.400. The molecule has 0 fully saturated rings. The number of nitrogens with two attached hydrogens (primary N) is 2. The van der Waals surface area contributed by atoms with Gasteiger partial charge >= 0.3 is 5.97 Å². The number of aromatic nitrogens is 8. The number of aliphatic hydroxyl groups excluding tert-OH is 1. The Balaban J connectivity index is 1.54. The molecule has 0 spiro atoms. The van der Waals surface area contributed by atoms with Crippen molar-refractivity contribution < 1.29 is 28.3 Å². The number of oxazole rings is 2. The van der Waals surface area contributed by atoms with E-state index in [-0.39, 0.29) is 69.6 Å². The highest BCUT2D eigenvalue weighted by atomic mass is 16.5. The van der Waals surface area contributed by atoms with E-state index in [0.29, 0.717) is 24.2 Å². The number of nitrogen functional groups attached to an aromatic ring is 2. The molecule has 50 heavy (non-hydrogen) atoms. The third kappa shape index (κ3) is 7.28. The van der Waals surface area contributed by atoms with E-state index < -0.39 is 18.4 Å². The number of unbranched alkanes of at least 4 members (excludes halogenated alkanes) is 2. The molecule has 5 rings (SSSR count). The molecule has 0 bridgehead atoms. The monoisotopic (exact) mass is 688 g/mol. The summed E-state index contributed by atoms with van der Waals surface area (Å²) in [6, 6.07) is 1.58. The number of anilines is 2. The van der Waals surface area contributed by atoms with Crippen molar-refractivity contribution in [3.8, 4) is 11.6 Å². The Morgan fingerprint density at radius 3 is 1.76 bits per heavy atom. The van der Waals surface area contributed by atoms with E-state index in [0.717, 1.165) is 25.7 Å². The van der Waals surface area contributed by atoms with Gasteiger partial charge in [0.2, 0.25) is 11.5 Å². The van der Waals surface area contributed by atoms with Crippen molar-refractivity contribution in [1.29, 1.82) is 0 Å².